The predicted octanol–water partition coefficient (Wildman–Crippen LogP) is 2.28. The van der Waals surface area contributed by atoms with E-state index in [0.717, 1.165) is 6.54 Å². The van der Waals surface area contributed by atoms with E-state index in [0.29, 0.717) is 12.1 Å². The molecule has 2 heterocycles. The highest BCUT2D eigenvalue weighted by Gasteiger charge is 2.18. The Labute approximate surface area is 102 Å². The first kappa shape index (κ1) is 12.0. The monoisotopic (exact) mass is 239 g/mol. The summed E-state index contributed by atoms with van der Waals surface area (Å²) in [7, 11) is 0. The highest BCUT2D eigenvalue weighted by molar-refractivity contribution is 7.09. The van der Waals surface area contributed by atoms with E-state index in [1.165, 1.54) is 30.9 Å². The molecule has 3 nitrogen and oxygen atoms in total. The predicted molar refractivity (Wildman–Crippen MR) is 68.8 cm³/mol. The highest BCUT2D eigenvalue weighted by Crippen LogP contribution is 2.16. The Morgan fingerprint density at radius 2 is 2.19 bits per heavy atom. The number of likely N-dealkylation sites (tertiary alicyclic amines) is 1. The van der Waals surface area contributed by atoms with Crippen molar-refractivity contribution >= 4 is 11.3 Å². The molecule has 1 aliphatic heterocycles. The minimum absolute atomic E-state index is 0.380. The lowest BCUT2D eigenvalue weighted by Crippen LogP contribution is -2.39. The van der Waals surface area contributed by atoms with Crippen LogP contribution in [0.15, 0.2) is 11.6 Å². The van der Waals surface area contributed by atoms with Crippen LogP contribution in [0, 0.1) is 0 Å². The second kappa shape index (κ2) is 5.75. The number of rotatable bonds is 5. The largest absolute Gasteiger partial charge is 0.307 e. The normalized spacial score (nSPS) is 21.1. The molecule has 2 unspecified atom stereocenters. The first-order valence-electron chi connectivity index (χ1n) is 6.14. The molecule has 0 saturated carbocycles. The van der Waals surface area contributed by atoms with Gasteiger partial charge in [0.25, 0.3) is 0 Å². The number of nitrogens with one attached hydrogen (secondary N) is 1. The van der Waals surface area contributed by atoms with E-state index in [1.54, 1.807) is 11.3 Å². The van der Waals surface area contributed by atoms with E-state index in [4.69, 9.17) is 0 Å². The van der Waals surface area contributed by atoms with Crippen molar-refractivity contribution in [2.75, 3.05) is 19.6 Å². The van der Waals surface area contributed by atoms with Crippen LogP contribution in [0.3, 0.4) is 0 Å². The van der Waals surface area contributed by atoms with Gasteiger partial charge in [-0.1, -0.05) is 0 Å². The third-order valence-corrected chi connectivity index (χ3v) is 4.26. The van der Waals surface area contributed by atoms with E-state index >= 15 is 0 Å². The van der Waals surface area contributed by atoms with E-state index in [1.807, 2.05) is 11.6 Å². The van der Waals surface area contributed by atoms with Gasteiger partial charge < -0.3 is 5.32 Å². The van der Waals surface area contributed by atoms with E-state index in [-0.39, 0.29) is 0 Å². The van der Waals surface area contributed by atoms with Crippen molar-refractivity contribution in [1.29, 1.82) is 0 Å². The Bertz CT molecular complexity index is 293. The van der Waals surface area contributed by atoms with Gasteiger partial charge in [0.15, 0.2) is 0 Å². The fraction of sp³-hybridized carbons (Fsp3) is 0.750. The van der Waals surface area contributed by atoms with E-state index in [2.05, 4.69) is 29.0 Å². The van der Waals surface area contributed by atoms with Gasteiger partial charge in [0.2, 0.25) is 0 Å². The zero-order valence-corrected chi connectivity index (χ0v) is 11.0. The topological polar surface area (TPSA) is 28.2 Å². The molecule has 0 radical (unpaired) electrons. The second-order valence-corrected chi connectivity index (χ2v) is 5.52. The summed E-state index contributed by atoms with van der Waals surface area (Å²) in [5.41, 5.74) is 0. The average Bonchev–Trinajstić information content (AvgIpc) is 2.95. The lowest BCUT2D eigenvalue weighted by Gasteiger charge is -2.25. The first-order chi connectivity index (χ1) is 7.77. The van der Waals surface area contributed by atoms with Gasteiger partial charge in [-0.25, -0.2) is 4.98 Å². The Kier molecular flexibility index (Phi) is 4.32. The molecule has 1 fully saturated rings. The van der Waals surface area contributed by atoms with Crippen LogP contribution in [-0.2, 0) is 0 Å². The maximum absolute atomic E-state index is 4.33. The number of thiazole rings is 1. The van der Waals surface area contributed by atoms with Crippen LogP contribution < -0.4 is 5.32 Å². The standard InChI is InChI=1S/C12H21N3S/c1-10(15-6-3-4-7-15)9-14-11(2)12-13-5-8-16-12/h5,8,10-11,14H,3-4,6-7,9H2,1-2H3. The van der Waals surface area contributed by atoms with Crippen LogP contribution in [0.4, 0.5) is 0 Å². The Hall–Kier alpha value is -0.450. The summed E-state index contributed by atoms with van der Waals surface area (Å²) in [4.78, 5) is 6.91. The van der Waals surface area contributed by atoms with Gasteiger partial charge in [0.1, 0.15) is 5.01 Å². The van der Waals surface area contributed by atoms with Crippen molar-refractivity contribution < 1.29 is 0 Å². The molecule has 90 valence electrons. The molecule has 1 saturated heterocycles. The summed E-state index contributed by atoms with van der Waals surface area (Å²) in [5.74, 6) is 0. The van der Waals surface area contributed by atoms with Crippen molar-refractivity contribution in [3.63, 3.8) is 0 Å². The smallest absolute Gasteiger partial charge is 0.109 e. The van der Waals surface area contributed by atoms with Crippen LogP contribution >= 0.6 is 11.3 Å². The number of nitrogens with zero attached hydrogens (tertiary/aromatic N) is 2. The number of hydrogen-bond donors (Lipinski definition) is 1. The molecule has 16 heavy (non-hydrogen) atoms. The van der Waals surface area contributed by atoms with Gasteiger partial charge >= 0.3 is 0 Å². The van der Waals surface area contributed by atoms with Gasteiger partial charge in [-0.3, -0.25) is 4.90 Å². The minimum atomic E-state index is 0.380. The SMILES string of the molecule is CC(NCC(C)N1CCCC1)c1nccs1. The molecular weight excluding hydrogens is 218 g/mol. The summed E-state index contributed by atoms with van der Waals surface area (Å²) < 4.78 is 0. The molecule has 0 aromatic carbocycles. The third-order valence-electron chi connectivity index (χ3n) is 3.31. The fourth-order valence-corrected chi connectivity index (χ4v) is 2.86. The van der Waals surface area contributed by atoms with E-state index in [9.17, 15) is 0 Å². The molecule has 2 rings (SSSR count). The Morgan fingerprint density at radius 1 is 1.44 bits per heavy atom. The van der Waals surface area contributed by atoms with Crippen molar-refractivity contribution in [3.8, 4) is 0 Å². The van der Waals surface area contributed by atoms with Gasteiger partial charge in [-0.2, -0.15) is 0 Å². The average molecular weight is 239 g/mol. The molecule has 0 bridgehead atoms. The Morgan fingerprint density at radius 3 is 2.81 bits per heavy atom. The van der Waals surface area contributed by atoms with Gasteiger partial charge in [0, 0.05) is 24.2 Å². The summed E-state index contributed by atoms with van der Waals surface area (Å²) in [6.45, 7) is 8.10. The molecule has 1 aromatic heterocycles. The lowest BCUT2D eigenvalue weighted by atomic mass is 10.2. The first-order valence-corrected chi connectivity index (χ1v) is 7.02. The van der Waals surface area contributed by atoms with Crippen LogP contribution in [0.2, 0.25) is 0 Å². The quantitative estimate of drug-likeness (QED) is 0.854. The minimum Gasteiger partial charge on any atom is -0.307 e. The molecular formula is C12H21N3S. The molecule has 0 amide bonds. The molecule has 1 N–H and O–H groups in total. The van der Waals surface area contributed by atoms with Crippen molar-refractivity contribution in [1.82, 2.24) is 15.2 Å². The van der Waals surface area contributed by atoms with Crippen LogP contribution in [0.1, 0.15) is 37.7 Å². The van der Waals surface area contributed by atoms with E-state index < -0.39 is 0 Å². The summed E-state index contributed by atoms with van der Waals surface area (Å²) in [5, 5.41) is 6.80. The molecule has 1 aromatic rings. The highest BCUT2D eigenvalue weighted by atomic mass is 32.1. The van der Waals surface area contributed by atoms with Gasteiger partial charge in [0.05, 0.1) is 6.04 Å². The summed E-state index contributed by atoms with van der Waals surface area (Å²) >= 11 is 1.73. The molecule has 0 aliphatic carbocycles. The maximum atomic E-state index is 4.33. The van der Waals surface area contributed by atoms with Crippen LogP contribution in [0.25, 0.3) is 0 Å². The number of hydrogen-bond acceptors (Lipinski definition) is 4. The van der Waals surface area contributed by atoms with Crippen molar-refractivity contribution in [3.05, 3.63) is 16.6 Å². The second-order valence-electron chi connectivity index (χ2n) is 4.59. The molecule has 4 heteroatoms. The molecule has 0 spiro atoms. The maximum Gasteiger partial charge on any atom is 0.109 e. The Balaban J connectivity index is 1.74. The van der Waals surface area contributed by atoms with Crippen LogP contribution in [0.5, 0.6) is 0 Å². The fourth-order valence-electron chi connectivity index (χ4n) is 2.19. The third kappa shape index (κ3) is 3.03. The number of aromatic nitrogens is 1. The zero-order valence-electron chi connectivity index (χ0n) is 10.1. The van der Waals surface area contributed by atoms with Crippen molar-refractivity contribution in [2.24, 2.45) is 0 Å². The van der Waals surface area contributed by atoms with Gasteiger partial charge in [-0.15, -0.1) is 11.3 Å². The zero-order chi connectivity index (χ0) is 11.4. The lowest BCUT2D eigenvalue weighted by molar-refractivity contribution is 0.247. The molecule has 2 atom stereocenters. The van der Waals surface area contributed by atoms with Gasteiger partial charge in [-0.05, 0) is 39.8 Å². The van der Waals surface area contributed by atoms with Crippen molar-refractivity contribution in [2.45, 2.75) is 38.8 Å². The molecule has 1 aliphatic rings. The summed E-state index contributed by atoms with van der Waals surface area (Å²) in [6.07, 6.45) is 4.61. The summed E-state index contributed by atoms with van der Waals surface area (Å²) in [6, 6.07) is 1.02. The van der Waals surface area contributed by atoms with Crippen LogP contribution in [-0.4, -0.2) is 35.6 Å².